The first-order valence-electron chi connectivity index (χ1n) is 6.77. The first-order valence-corrected chi connectivity index (χ1v) is 8.17. The molecule has 4 N–H and O–H groups in total. The molecule has 1 atom stereocenters. The lowest BCUT2D eigenvalue weighted by Crippen LogP contribution is -2.48. The Kier molecular flexibility index (Phi) is 6.65. The predicted octanol–water partition coefficient (Wildman–Crippen LogP) is 1.22. The second kappa shape index (κ2) is 7.75. The normalized spacial score (nSPS) is 19.7. The maximum atomic E-state index is 11.8. The van der Waals surface area contributed by atoms with Gasteiger partial charge in [-0.3, -0.25) is 9.59 Å². The van der Waals surface area contributed by atoms with E-state index < -0.39 is 17.4 Å². The van der Waals surface area contributed by atoms with Gasteiger partial charge in [0.2, 0.25) is 5.91 Å². The molecule has 6 heteroatoms. The summed E-state index contributed by atoms with van der Waals surface area (Å²) in [6.07, 6.45) is 6.78. The van der Waals surface area contributed by atoms with E-state index in [1.165, 1.54) is 0 Å². The highest BCUT2D eigenvalue weighted by molar-refractivity contribution is 7.98. The highest BCUT2D eigenvalue weighted by Crippen LogP contribution is 2.35. The van der Waals surface area contributed by atoms with E-state index in [0.717, 1.165) is 25.0 Å². The second-order valence-electron chi connectivity index (χ2n) is 5.25. The zero-order valence-corrected chi connectivity index (χ0v) is 12.3. The average molecular weight is 288 g/mol. The van der Waals surface area contributed by atoms with Crippen LogP contribution in [0, 0.1) is 5.41 Å². The Morgan fingerprint density at radius 3 is 2.53 bits per heavy atom. The molecule has 0 spiro atoms. The summed E-state index contributed by atoms with van der Waals surface area (Å²) in [5, 5.41) is 12.1. The smallest absolute Gasteiger partial charge is 0.311 e. The Bertz CT molecular complexity index is 317. The first kappa shape index (κ1) is 16.3. The molecule has 0 heterocycles. The molecule has 1 aliphatic carbocycles. The summed E-state index contributed by atoms with van der Waals surface area (Å²) in [5.41, 5.74) is 4.98. The van der Waals surface area contributed by atoms with Crippen LogP contribution in [0.25, 0.3) is 0 Å². The SMILES string of the molecule is CSCC[C@@H](N)C(=O)NCC1(C(=O)O)CCCCC1. The summed E-state index contributed by atoms with van der Waals surface area (Å²) >= 11 is 1.64. The van der Waals surface area contributed by atoms with E-state index in [9.17, 15) is 14.7 Å². The molecule has 0 aromatic rings. The number of carboxylic acid groups (broad SMARTS) is 1. The number of carboxylic acids is 1. The van der Waals surface area contributed by atoms with Crippen molar-refractivity contribution in [3.05, 3.63) is 0 Å². The standard InChI is InChI=1S/C13H24N2O3S/c1-19-8-5-10(14)11(16)15-9-13(12(17)18)6-3-2-4-7-13/h10H,2-9,14H2,1H3,(H,15,16)(H,17,18)/t10-/m1/s1. The Morgan fingerprint density at radius 2 is 2.00 bits per heavy atom. The van der Waals surface area contributed by atoms with E-state index in [-0.39, 0.29) is 12.5 Å². The summed E-state index contributed by atoms with van der Waals surface area (Å²) in [7, 11) is 0. The summed E-state index contributed by atoms with van der Waals surface area (Å²) in [4.78, 5) is 23.3. The molecular formula is C13H24N2O3S. The van der Waals surface area contributed by atoms with Gasteiger partial charge in [-0.1, -0.05) is 19.3 Å². The van der Waals surface area contributed by atoms with Gasteiger partial charge in [0, 0.05) is 6.54 Å². The van der Waals surface area contributed by atoms with Crippen LogP contribution in [0.15, 0.2) is 0 Å². The number of hydrogen-bond acceptors (Lipinski definition) is 4. The molecular weight excluding hydrogens is 264 g/mol. The molecule has 0 unspecified atom stereocenters. The maximum absolute atomic E-state index is 11.8. The molecule has 0 aromatic heterocycles. The van der Waals surface area contributed by atoms with Crippen LogP contribution in [0.1, 0.15) is 38.5 Å². The van der Waals surface area contributed by atoms with Gasteiger partial charge in [-0.2, -0.15) is 11.8 Å². The van der Waals surface area contributed by atoms with Gasteiger partial charge in [-0.05, 0) is 31.3 Å². The molecule has 1 fully saturated rings. The van der Waals surface area contributed by atoms with Crippen molar-refractivity contribution in [2.45, 2.75) is 44.6 Å². The number of carbonyl (C=O) groups is 2. The fourth-order valence-electron chi connectivity index (χ4n) is 2.46. The van der Waals surface area contributed by atoms with Crippen LogP contribution in [0.4, 0.5) is 0 Å². The third kappa shape index (κ3) is 4.69. The number of rotatable bonds is 7. The summed E-state index contributed by atoms with van der Waals surface area (Å²) in [6.45, 7) is 0.203. The van der Waals surface area contributed by atoms with Crippen molar-refractivity contribution in [1.29, 1.82) is 0 Å². The van der Waals surface area contributed by atoms with Gasteiger partial charge in [0.25, 0.3) is 0 Å². The Balaban J connectivity index is 2.48. The van der Waals surface area contributed by atoms with E-state index in [1.54, 1.807) is 11.8 Å². The summed E-state index contributed by atoms with van der Waals surface area (Å²) in [5.74, 6) is -0.205. The minimum atomic E-state index is -0.801. The monoisotopic (exact) mass is 288 g/mol. The van der Waals surface area contributed by atoms with Crippen LogP contribution in [0.2, 0.25) is 0 Å². The van der Waals surface area contributed by atoms with Gasteiger partial charge in [-0.25, -0.2) is 0 Å². The maximum Gasteiger partial charge on any atom is 0.311 e. The van der Waals surface area contributed by atoms with Crippen molar-refractivity contribution in [3.8, 4) is 0 Å². The third-order valence-corrected chi connectivity index (χ3v) is 4.48. The zero-order chi connectivity index (χ0) is 14.3. The average Bonchev–Trinajstić information content (AvgIpc) is 2.42. The Labute approximate surface area is 118 Å². The molecule has 5 nitrogen and oxygen atoms in total. The summed E-state index contributed by atoms with van der Waals surface area (Å²) < 4.78 is 0. The molecule has 1 rings (SSSR count). The van der Waals surface area contributed by atoms with Crippen molar-refractivity contribution >= 4 is 23.6 Å². The van der Waals surface area contributed by atoms with Gasteiger partial charge in [0.1, 0.15) is 0 Å². The second-order valence-corrected chi connectivity index (χ2v) is 6.24. The zero-order valence-electron chi connectivity index (χ0n) is 11.5. The van der Waals surface area contributed by atoms with E-state index in [2.05, 4.69) is 5.32 Å². The molecule has 19 heavy (non-hydrogen) atoms. The Morgan fingerprint density at radius 1 is 1.37 bits per heavy atom. The quantitative estimate of drug-likeness (QED) is 0.655. The number of aliphatic carboxylic acids is 1. The summed E-state index contributed by atoms with van der Waals surface area (Å²) in [6, 6.07) is -0.540. The van der Waals surface area contributed by atoms with Crippen LogP contribution >= 0.6 is 11.8 Å². The van der Waals surface area contributed by atoms with Crippen LogP contribution < -0.4 is 11.1 Å². The fourth-order valence-corrected chi connectivity index (χ4v) is 2.95. The fraction of sp³-hybridized carbons (Fsp3) is 0.846. The first-order chi connectivity index (χ1) is 9.02. The van der Waals surface area contributed by atoms with E-state index in [0.29, 0.717) is 19.3 Å². The molecule has 0 aliphatic heterocycles. The molecule has 1 aliphatic rings. The van der Waals surface area contributed by atoms with Gasteiger partial charge < -0.3 is 16.2 Å². The number of nitrogens with one attached hydrogen (secondary N) is 1. The number of hydrogen-bond donors (Lipinski definition) is 3. The largest absolute Gasteiger partial charge is 0.481 e. The van der Waals surface area contributed by atoms with Gasteiger partial charge in [0.15, 0.2) is 0 Å². The van der Waals surface area contributed by atoms with Crippen molar-refractivity contribution < 1.29 is 14.7 Å². The van der Waals surface area contributed by atoms with Gasteiger partial charge >= 0.3 is 5.97 Å². The highest BCUT2D eigenvalue weighted by Gasteiger charge is 2.39. The number of amides is 1. The van der Waals surface area contributed by atoms with Crippen molar-refractivity contribution in [3.63, 3.8) is 0 Å². The van der Waals surface area contributed by atoms with E-state index in [1.807, 2.05) is 6.26 Å². The lowest BCUT2D eigenvalue weighted by atomic mass is 9.74. The molecule has 0 saturated heterocycles. The van der Waals surface area contributed by atoms with Crippen molar-refractivity contribution in [1.82, 2.24) is 5.32 Å². The lowest BCUT2D eigenvalue weighted by Gasteiger charge is -2.33. The third-order valence-electron chi connectivity index (χ3n) is 3.84. The molecule has 1 amide bonds. The van der Waals surface area contributed by atoms with E-state index in [4.69, 9.17) is 5.73 Å². The Hall–Kier alpha value is -0.750. The van der Waals surface area contributed by atoms with Crippen molar-refractivity contribution in [2.75, 3.05) is 18.6 Å². The molecule has 0 aromatic carbocycles. The van der Waals surface area contributed by atoms with E-state index >= 15 is 0 Å². The molecule has 1 saturated carbocycles. The van der Waals surface area contributed by atoms with Crippen LogP contribution in [0.5, 0.6) is 0 Å². The number of nitrogens with two attached hydrogens (primary N) is 1. The molecule has 0 radical (unpaired) electrons. The predicted molar refractivity (Wildman–Crippen MR) is 77.1 cm³/mol. The molecule has 0 bridgehead atoms. The van der Waals surface area contributed by atoms with Gasteiger partial charge in [-0.15, -0.1) is 0 Å². The minimum absolute atomic E-state index is 0.203. The van der Waals surface area contributed by atoms with Crippen LogP contribution in [-0.2, 0) is 9.59 Å². The number of thioether (sulfide) groups is 1. The number of carbonyl (C=O) groups excluding carboxylic acids is 1. The topological polar surface area (TPSA) is 92.4 Å². The van der Waals surface area contributed by atoms with Gasteiger partial charge in [0.05, 0.1) is 11.5 Å². The molecule has 110 valence electrons. The van der Waals surface area contributed by atoms with Crippen molar-refractivity contribution in [2.24, 2.45) is 11.1 Å². The van der Waals surface area contributed by atoms with Crippen LogP contribution in [0.3, 0.4) is 0 Å². The minimum Gasteiger partial charge on any atom is -0.481 e. The van der Waals surface area contributed by atoms with Crippen LogP contribution in [-0.4, -0.2) is 41.6 Å². The lowest BCUT2D eigenvalue weighted by molar-refractivity contribution is -0.151. The highest BCUT2D eigenvalue weighted by atomic mass is 32.2.